The van der Waals surface area contributed by atoms with Crippen molar-refractivity contribution in [2.75, 3.05) is 13.2 Å². The van der Waals surface area contributed by atoms with Gasteiger partial charge in [-0.3, -0.25) is 0 Å². The van der Waals surface area contributed by atoms with E-state index < -0.39 is 0 Å². The fraction of sp³-hybridized carbons (Fsp3) is 0.375. The number of hydrogen-bond acceptors (Lipinski definition) is 3. The minimum atomic E-state index is 0.374. The van der Waals surface area contributed by atoms with Crippen LogP contribution in [0.5, 0.6) is 5.75 Å². The zero-order chi connectivity index (χ0) is 13.3. The standard InChI is InChI=1S/C16H21NOS/c1-2-10-17-14(12-16-9-6-11-19-16)13-18-15-7-4-3-5-8-15/h3-9,11,14,17H,2,10,12-13H2,1H3. The average molecular weight is 275 g/mol. The molecule has 0 aliphatic carbocycles. The summed E-state index contributed by atoms with van der Waals surface area (Å²) >= 11 is 1.81. The smallest absolute Gasteiger partial charge is 0.119 e. The maximum Gasteiger partial charge on any atom is 0.119 e. The van der Waals surface area contributed by atoms with Crippen LogP contribution in [0.15, 0.2) is 47.8 Å². The molecule has 0 bridgehead atoms. The minimum absolute atomic E-state index is 0.374. The predicted octanol–water partition coefficient (Wildman–Crippen LogP) is 3.74. The van der Waals surface area contributed by atoms with Crippen molar-refractivity contribution in [1.29, 1.82) is 0 Å². The highest BCUT2D eigenvalue weighted by Gasteiger charge is 2.10. The van der Waals surface area contributed by atoms with Crippen molar-refractivity contribution in [1.82, 2.24) is 5.32 Å². The molecule has 2 aromatic rings. The summed E-state index contributed by atoms with van der Waals surface area (Å²) in [5.74, 6) is 0.942. The first-order chi connectivity index (χ1) is 9.38. The minimum Gasteiger partial charge on any atom is -0.492 e. The number of rotatable bonds is 8. The van der Waals surface area contributed by atoms with Gasteiger partial charge < -0.3 is 10.1 Å². The monoisotopic (exact) mass is 275 g/mol. The highest BCUT2D eigenvalue weighted by atomic mass is 32.1. The van der Waals surface area contributed by atoms with Crippen molar-refractivity contribution < 1.29 is 4.74 Å². The molecule has 0 spiro atoms. The lowest BCUT2D eigenvalue weighted by Crippen LogP contribution is -2.36. The second-order valence-corrected chi connectivity index (χ2v) is 5.59. The molecule has 1 unspecified atom stereocenters. The van der Waals surface area contributed by atoms with Gasteiger partial charge in [-0.15, -0.1) is 11.3 Å². The van der Waals surface area contributed by atoms with Gasteiger partial charge in [0.05, 0.1) is 0 Å². The van der Waals surface area contributed by atoms with E-state index in [1.54, 1.807) is 0 Å². The van der Waals surface area contributed by atoms with Gasteiger partial charge >= 0.3 is 0 Å². The second kappa shape index (κ2) is 7.97. The number of thiophene rings is 1. The Morgan fingerprint density at radius 3 is 2.68 bits per heavy atom. The van der Waals surface area contributed by atoms with Gasteiger partial charge in [0.25, 0.3) is 0 Å². The van der Waals surface area contributed by atoms with Gasteiger partial charge in [0.2, 0.25) is 0 Å². The molecule has 0 saturated heterocycles. The van der Waals surface area contributed by atoms with Crippen LogP contribution < -0.4 is 10.1 Å². The summed E-state index contributed by atoms with van der Waals surface area (Å²) in [6, 6.07) is 14.7. The van der Waals surface area contributed by atoms with Crippen LogP contribution in [0.2, 0.25) is 0 Å². The van der Waals surface area contributed by atoms with Crippen molar-refractivity contribution >= 4 is 11.3 Å². The molecular weight excluding hydrogens is 254 g/mol. The van der Waals surface area contributed by atoms with Gasteiger partial charge in [0.15, 0.2) is 0 Å². The molecule has 1 aromatic carbocycles. The number of hydrogen-bond donors (Lipinski definition) is 1. The molecule has 0 aliphatic heterocycles. The first-order valence-corrected chi connectivity index (χ1v) is 7.70. The van der Waals surface area contributed by atoms with Gasteiger partial charge in [0.1, 0.15) is 12.4 Å². The van der Waals surface area contributed by atoms with E-state index in [0.717, 1.165) is 25.1 Å². The van der Waals surface area contributed by atoms with Crippen LogP contribution in [0, 0.1) is 0 Å². The summed E-state index contributed by atoms with van der Waals surface area (Å²) in [7, 11) is 0. The third-order valence-electron chi connectivity index (χ3n) is 2.91. The Balaban J connectivity index is 1.86. The zero-order valence-electron chi connectivity index (χ0n) is 11.3. The number of ether oxygens (including phenoxy) is 1. The predicted molar refractivity (Wildman–Crippen MR) is 82.0 cm³/mol. The van der Waals surface area contributed by atoms with Gasteiger partial charge in [-0.05, 0) is 36.5 Å². The summed E-state index contributed by atoms with van der Waals surface area (Å²) in [6.45, 7) is 3.93. The van der Waals surface area contributed by atoms with Crippen molar-refractivity contribution in [3.8, 4) is 5.75 Å². The third kappa shape index (κ3) is 5.05. The van der Waals surface area contributed by atoms with Crippen LogP contribution in [0.25, 0.3) is 0 Å². The maximum atomic E-state index is 5.86. The molecule has 0 fully saturated rings. The van der Waals surface area contributed by atoms with Gasteiger partial charge in [0, 0.05) is 17.3 Å². The van der Waals surface area contributed by atoms with Crippen LogP contribution in [0.4, 0.5) is 0 Å². The van der Waals surface area contributed by atoms with Crippen LogP contribution in [0.3, 0.4) is 0 Å². The van der Waals surface area contributed by atoms with Crippen molar-refractivity contribution in [3.63, 3.8) is 0 Å². The quantitative estimate of drug-likeness (QED) is 0.792. The van der Waals surface area contributed by atoms with E-state index in [4.69, 9.17) is 4.74 Å². The fourth-order valence-electron chi connectivity index (χ4n) is 1.92. The van der Waals surface area contributed by atoms with Gasteiger partial charge in [-0.25, -0.2) is 0 Å². The summed E-state index contributed by atoms with van der Waals surface area (Å²) < 4.78 is 5.86. The molecule has 1 atom stereocenters. The Bertz CT molecular complexity index is 441. The second-order valence-electron chi connectivity index (χ2n) is 4.56. The van der Waals surface area contributed by atoms with E-state index in [1.807, 2.05) is 41.7 Å². The molecule has 0 saturated carbocycles. The highest BCUT2D eigenvalue weighted by Crippen LogP contribution is 2.13. The molecular formula is C16H21NOS. The zero-order valence-corrected chi connectivity index (χ0v) is 12.2. The lowest BCUT2D eigenvalue weighted by Gasteiger charge is -2.18. The molecule has 0 aliphatic rings. The van der Waals surface area contributed by atoms with Crippen molar-refractivity contribution in [2.24, 2.45) is 0 Å². The Morgan fingerprint density at radius 2 is 2.00 bits per heavy atom. The number of nitrogens with one attached hydrogen (secondary N) is 1. The van der Waals surface area contributed by atoms with Gasteiger partial charge in [-0.1, -0.05) is 31.2 Å². The Morgan fingerprint density at radius 1 is 1.16 bits per heavy atom. The molecule has 1 heterocycles. The lowest BCUT2D eigenvalue weighted by atomic mass is 10.2. The Labute approximate surface area is 119 Å². The van der Waals surface area contributed by atoms with Crippen LogP contribution in [-0.4, -0.2) is 19.2 Å². The van der Waals surface area contributed by atoms with E-state index in [2.05, 4.69) is 29.8 Å². The first kappa shape index (κ1) is 14.1. The molecule has 0 radical (unpaired) electrons. The molecule has 1 aromatic heterocycles. The molecule has 102 valence electrons. The lowest BCUT2D eigenvalue weighted by molar-refractivity contribution is 0.263. The van der Waals surface area contributed by atoms with E-state index >= 15 is 0 Å². The number of para-hydroxylation sites is 1. The van der Waals surface area contributed by atoms with Crippen molar-refractivity contribution in [2.45, 2.75) is 25.8 Å². The van der Waals surface area contributed by atoms with Crippen LogP contribution in [-0.2, 0) is 6.42 Å². The van der Waals surface area contributed by atoms with E-state index in [9.17, 15) is 0 Å². The van der Waals surface area contributed by atoms with E-state index in [-0.39, 0.29) is 0 Å². The number of benzene rings is 1. The fourth-order valence-corrected chi connectivity index (χ4v) is 2.71. The van der Waals surface area contributed by atoms with E-state index in [1.165, 1.54) is 4.88 Å². The Kier molecular flexibility index (Phi) is 5.92. The third-order valence-corrected chi connectivity index (χ3v) is 3.80. The summed E-state index contributed by atoms with van der Waals surface area (Å²) in [5.41, 5.74) is 0. The SMILES string of the molecule is CCCNC(COc1ccccc1)Cc1cccs1. The molecule has 1 N–H and O–H groups in total. The molecule has 3 heteroatoms. The summed E-state index contributed by atoms with van der Waals surface area (Å²) in [5, 5.41) is 5.69. The molecule has 2 nitrogen and oxygen atoms in total. The summed E-state index contributed by atoms with van der Waals surface area (Å²) in [6.07, 6.45) is 2.18. The molecule has 2 rings (SSSR count). The molecule has 19 heavy (non-hydrogen) atoms. The highest BCUT2D eigenvalue weighted by molar-refractivity contribution is 7.09. The van der Waals surface area contributed by atoms with Crippen LogP contribution >= 0.6 is 11.3 Å². The first-order valence-electron chi connectivity index (χ1n) is 6.82. The van der Waals surface area contributed by atoms with Crippen LogP contribution in [0.1, 0.15) is 18.2 Å². The normalized spacial score (nSPS) is 12.3. The largest absolute Gasteiger partial charge is 0.492 e. The topological polar surface area (TPSA) is 21.3 Å². The maximum absolute atomic E-state index is 5.86. The molecule has 0 amide bonds. The average Bonchev–Trinajstić information content (AvgIpc) is 2.96. The Hall–Kier alpha value is -1.32. The van der Waals surface area contributed by atoms with Gasteiger partial charge in [-0.2, -0.15) is 0 Å². The summed E-state index contributed by atoms with van der Waals surface area (Å²) in [4.78, 5) is 1.41. The van der Waals surface area contributed by atoms with Crippen molar-refractivity contribution in [3.05, 3.63) is 52.7 Å². The van der Waals surface area contributed by atoms with E-state index in [0.29, 0.717) is 12.6 Å².